The highest BCUT2D eigenvalue weighted by molar-refractivity contribution is 7.20. The van der Waals surface area contributed by atoms with Gasteiger partial charge in [0.15, 0.2) is 5.69 Å². The highest BCUT2D eigenvalue weighted by atomic mass is 32.1. The number of aromatic nitrogens is 4. The van der Waals surface area contributed by atoms with E-state index in [-0.39, 0.29) is 5.69 Å². The fourth-order valence-corrected chi connectivity index (χ4v) is 2.48. The molecule has 6 nitrogen and oxygen atoms in total. The van der Waals surface area contributed by atoms with E-state index in [1.54, 1.807) is 6.92 Å². The van der Waals surface area contributed by atoms with Crippen molar-refractivity contribution in [3.8, 4) is 5.13 Å². The van der Waals surface area contributed by atoms with Crippen LogP contribution in [-0.2, 0) is 0 Å². The third kappa shape index (κ3) is 1.65. The summed E-state index contributed by atoms with van der Waals surface area (Å²) in [6.07, 6.45) is 0. The molecule has 0 unspecified atom stereocenters. The average molecular weight is 260 g/mol. The van der Waals surface area contributed by atoms with Crippen LogP contribution >= 0.6 is 11.3 Å². The molecule has 1 N–H and O–H groups in total. The predicted octanol–water partition coefficient (Wildman–Crippen LogP) is 1.88. The summed E-state index contributed by atoms with van der Waals surface area (Å²) in [6, 6.07) is 7.67. The van der Waals surface area contributed by atoms with Gasteiger partial charge in [0, 0.05) is 0 Å². The Bertz CT molecular complexity index is 713. The van der Waals surface area contributed by atoms with E-state index in [0.29, 0.717) is 10.8 Å². The number of aromatic carboxylic acids is 1. The first-order valence-electron chi connectivity index (χ1n) is 5.18. The van der Waals surface area contributed by atoms with Crippen LogP contribution in [0.15, 0.2) is 24.3 Å². The molecule has 3 aromatic rings. The molecule has 18 heavy (non-hydrogen) atoms. The van der Waals surface area contributed by atoms with E-state index in [2.05, 4.69) is 15.2 Å². The highest BCUT2D eigenvalue weighted by Gasteiger charge is 2.16. The third-order valence-electron chi connectivity index (χ3n) is 2.44. The summed E-state index contributed by atoms with van der Waals surface area (Å²) in [4.78, 5) is 16.5. The summed E-state index contributed by atoms with van der Waals surface area (Å²) < 4.78 is 1.01. The van der Waals surface area contributed by atoms with Gasteiger partial charge in [0.1, 0.15) is 0 Å². The maximum Gasteiger partial charge on any atom is 0.358 e. The number of thiazole rings is 1. The number of carboxylic acid groups (broad SMARTS) is 1. The van der Waals surface area contributed by atoms with Crippen molar-refractivity contribution in [2.45, 2.75) is 6.92 Å². The molecule has 2 heterocycles. The number of benzene rings is 1. The Kier molecular flexibility index (Phi) is 2.34. The number of rotatable bonds is 2. The van der Waals surface area contributed by atoms with Crippen molar-refractivity contribution in [2.24, 2.45) is 0 Å². The van der Waals surface area contributed by atoms with Gasteiger partial charge in [-0.2, -0.15) is 5.10 Å². The van der Waals surface area contributed by atoms with Crippen LogP contribution in [0.5, 0.6) is 0 Å². The molecule has 0 atom stereocenters. The molecule has 0 radical (unpaired) electrons. The van der Waals surface area contributed by atoms with Gasteiger partial charge < -0.3 is 5.11 Å². The van der Waals surface area contributed by atoms with Crippen molar-refractivity contribution in [3.63, 3.8) is 0 Å². The zero-order chi connectivity index (χ0) is 12.7. The van der Waals surface area contributed by atoms with E-state index in [1.165, 1.54) is 16.1 Å². The molecule has 0 aliphatic rings. The largest absolute Gasteiger partial charge is 0.476 e. The van der Waals surface area contributed by atoms with Crippen molar-refractivity contribution in [3.05, 3.63) is 35.7 Å². The number of nitrogens with zero attached hydrogens (tertiary/aromatic N) is 4. The number of carbonyl (C=O) groups is 1. The molecule has 0 amide bonds. The minimum atomic E-state index is -1.08. The van der Waals surface area contributed by atoms with E-state index in [4.69, 9.17) is 5.11 Å². The summed E-state index contributed by atoms with van der Waals surface area (Å²) in [5, 5.41) is 17.5. The van der Waals surface area contributed by atoms with Crippen LogP contribution in [0.3, 0.4) is 0 Å². The lowest BCUT2D eigenvalue weighted by molar-refractivity contribution is 0.0689. The van der Waals surface area contributed by atoms with E-state index in [1.807, 2.05) is 24.3 Å². The third-order valence-corrected chi connectivity index (χ3v) is 3.44. The van der Waals surface area contributed by atoms with Crippen LogP contribution in [0.25, 0.3) is 15.3 Å². The first-order chi connectivity index (χ1) is 8.65. The molecule has 0 spiro atoms. The monoisotopic (exact) mass is 260 g/mol. The molecule has 0 saturated carbocycles. The molecule has 3 rings (SSSR count). The number of hydrogen-bond donors (Lipinski definition) is 1. The molecule has 1 aromatic carbocycles. The molecule has 7 heteroatoms. The van der Waals surface area contributed by atoms with Crippen molar-refractivity contribution >= 4 is 27.5 Å². The van der Waals surface area contributed by atoms with Gasteiger partial charge in [0.2, 0.25) is 5.13 Å². The topological polar surface area (TPSA) is 80.9 Å². The SMILES string of the molecule is Cc1nn(-c2nc3ccccc3s2)nc1C(=O)O. The van der Waals surface area contributed by atoms with E-state index >= 15 is 0 Å². The molecular weight excluding hydrogens is 252 g/mol. The van der Waals surface area contributed by atoms with Crippen molar-refractivity contribution in [2.75, 3.05) is 0 Å². The second-order valence-electron chi connectivity index (χ2n) is 3.69. The first-order valence-corrected chi connectivity index (χ1v) is 6.00. The summed E-state index contributed by atoms with van der Waals surface area (Å²) in [6.45, 7) is 1.61. The van der Waals surface area contributed by atoms with Gasteiger partial charge in [-0.3, -0.25) is 0 Å². The second-order valence-corrected chi connectivity index (χ2v) is 4.70. The smallest absolute Gasteiger partial charge is 0.358 e. The van der Waals surface area contributed by atoms with Gasteiger partial charge >= 0.3 is 5.97 Å². The van der Waals surface area contributed by atoms with Crippen molar-refractivity contribution in [1.29, 1.82) is 0 Å². The number of aryl methyl sites for hydroxylation is 1. The normalized spacial score (nSPS) is 10.9. The number of fused-ring (bicyclic) bond motifs is 1. The number of para-hydroxylation sites is 1. The lowest BCUT2D eigenvalue weighted by Gasteiger charge is -1.89. The molecule has 0 saturated heterocycles. The fourth-order valence-electron chi connectivity index (χ4n) is 1.61. The summed E-state index contributed by atoms with van der Waals surface area (Å²) in [7, 11) is 0. The Hall–Kier alpha value is -2.28. The Morgan fingerprint density at radius 2 is 2.11 bits per heavy atom. The van der Waals surface area contributed by atoms with Gasteiger partial charge in [-0.25, -0.2) is 9.78 Å². The standard InChI is InChI=1S/C11H8N4O2S/c1-6-9(10(16)17)14-15(13-6)11-12-7-4-2-3-5-8(7)18-11/h2-5H,1H3,(H,16,17). The van der Waals surface area contributed by atoms with Crippen LogP contribution in [0.1, 0.15) is 16.2 Å². The number of carboxylic acids is 1. The van der Waals surface area contributed by atoms with Gasteiger partial charge in [-0.1, -0.05) is 23.5 Å². The Labute approximate surface area is 106 Å². The van der Waals surface area contributed by atoms with Crippen LogP contribution in [0, 0.1) is 6.92 Å². The van der Waals surface area contributed by atoms with Gasteiger partial charge in [0.05, 0.1) is 15.9 Å². The van der Waals surface area contributed by atoms with E-state index in [0.717, 1.165) is 10.2 Å². The molecule has 0 aliphatic carbocycles. The zero-order valence-electron chi connectivity index (χ0n) is 9.36. The van der Waals surface area contributed by atoms with Crippen molar-refractivity contribution < 1.29 is 9.90 Å². The minimum absolute atomic E-state index is 0.0470. The van der Waals surface area contributed by atoms with Gasteiger partial charge in [-0.15, -0.1) is 9.90 Å². The maximum atomic E-state index is 10.9. The number of hydrogen-bond acceptors (Lipinski definition) is 5. The lowest BCUT2D eigenvalue weighted by atomic mass is 10.3. The molecule has 0 aliphatic heterocycles. The van der Waals surface area contributed by atoms with Gasteiger partial charge in [-0.05, 0) is 19.1 Å². The highest BCUT2D eigenvalue weighted by Crippen LogP contribution is 2.23. The van der Waals surface area contributed by atoms with Crippen molar-refractivity contribution in [1.82, 2.24) is 20.0 Å². The lowest BCUT2D eigenvalue weighted by Crippen LogP contribution is -2.01. The molecule has 90 valence electrons. The van der Waals surface area contributed by atoms with Crippen LogP contribution in [-0.4, -0.2) is 31.1 Å². The first kappa shape index (κ1) is 10.8. The Morgan fingerprint density at radius 1 is 1.33 bits per heavy atom. The average Bonchev–Trinajstić information content (AvgIpc) is 2.91. The predicted molar refractivity (Wildman–Crippen MR) is 66.2 cm³/mol. The summed E-state index contributed by atoms with van der Waals surface area (Å²) in [5.41, 5.74) is 1.18. The summed E-state index contributed by atoms with van der Waals surface area (Å²) in [5.74, 6) is -1.08. The molecular formula is C11H8N4O2S. The van der Waals surface area contributed by atoms with E-state index < -0.39 is 5.97 Å². The van der Waals surface area contributed by atoms with Gasteiger partial charge in [0.25, 0.3) is 0 Å². The maximum absolute atomic E-state index is 10.9. The minimum Gasteiger partial charge on any atom is -0.476 e. The van der Waals surface area contributed by atoms with Crippen LogP contribution in [0.2, 0.25) is 0 Å². The Morgan fingerprint density at radius 3 is 2.78 bits per heavy atom. The van der Waals surface area contributed by atoms with Crippen LogP contribution < -0.4 is 0 Å². The second kappa shape index (κ2) is 3.88. The molecule has 0 bridgehead atoms. The van der Waals surface area contributed by atoms with E-state index in [9.17, 15) is 4.79 Å². The quantitative estimate of drug-likeness (QED) is 0.760. The fraction of sp³-hybridized carbons (Fsp3) is 0.0909. The molecule has 0 fully saturated rings. The van der Waals surface area contributed by atoms with Crippen LogP contribution in [0.4, 0.5) is 0 Å². The zero-order valence-corrected chi connectivity index (χ0v) is 10.2. The summed E-state index contributed by atoms with van der Waals surface area (Å²) >= 11 is 1.42. The molecule has 2 aromatic heterocycles. The Balaban J connectivity index is 2.14.